The fourth-order valence-corrected chi connectivity index (χ4v) is 4.71. The molecule has 0 aliphatic carbocycles. The van der Waals surface area contributed by atoms with Gasteiger partial charge in [0.05, 0.1) is 12.5 Å². The van der Waals surface area contributed by atoms with E-state index < -0.39 is 0 Å². The molecule has 1 unspecified atom stereocenters. The third kappa shape index (κ3) is 4.69. The number of aromatic nitrogens is 2. The van der Waals surface area contributed by atoms with Crippen LogP contribution in [-0.2, 0) is 11.3 Å². The molecule has 0 N–H and O–H groups in total. The minimum atomic E-state index is 0.0800. The van der Waals surface area contributed by atoms with Crippen molar-refractivity contribution in [2.45, 2.75) is 53.0 Å². The van der Waals surface area contributed by atoms with Crippen molar-refractivity contribution in [2.24, 2.45) is 11.3 Å². The van der Waals surface area contributed by atoms with E-state index in [9.17, 15) is 4.79 Å². The number of amides is 1. The molecule has 2 aromatic rings. The molecule has 0 radical (unpaired) electrons. The van der Waals surface area contributed by atoms with Gasteiger partial charge in [-0.1, -0.05) is 43.3 Å². The summed E-state index contributed by atoms with van der Waals surface area (Å²) in [5.41, 5.74) is 2.37. The van der Waals surface area contributed by atoms with Gasteiger partial charge in [-0.3, -0.25) is 9.69 Å². The highest BCUT2D eigenvalue weighted by atomic mass is 16.5. The number of hydrogen-bond acceptors (Lipinski definition) is 5. The molecule has 2 fully saturated rings. The second-order valence-corrected chi connectivity index (χ2v) is 9.43. The number of likely N-dealkylation sites (tertiary alicyclic amines) is 2. The van der Waals surface area contributed by atoms with E-state index in [-0.39, 0.29) is 11.3 Å². The van der Waals surface area contributed by atoms with Crippen LogP contribution in [0.5, 0.6) is 0 Å². The molecule has 2 aliphatic rings. The lowest BCUT2D eigenvalue weighted by Gasteiger charge is -2.41. The number of carbonyl (C=O) groups is 1. The van der Waals surface area contributed by atoms with E-state index in [0.29, 0.717) is 24.2 Å². The van der Waals surface area contributed by atoms with Crippen LogP contribution in [0, 0.1) is 18.3 Å². The van der Waals surface area contributed by atoms with Gasteiger partial charge < -0.3 is 9.42 Å². The van der Waals surface area contributed by atoms with Gasteiger partial charge in [-0.25, -0.2) is 0 Å². The van der Waals surface area contributed by atoms with Gasteiger partial charge in [0.1, 0.15) is 0 Å². The molecular formula is C23H32N4O2. The molecule has 1 aromatic heterocycles. The summed E-state index contributed by atoms with van der Waals surface area (Å²) in [5.74, 6) is 1.67. The van der Waals surface area contributed by atoms with Crippen LogP contribution in [-0.4, -0.2) is 52.0 Å². The van der Waals surface area contributed by atoms with Gasteiger partial charge in [-0.05, 0) is 50.1 Å². The second-order valence-electron chi connectivity index (χ2n) is 9.43. The number of nitrogens with zero attached hydrogens (tertiary/aromatic N) is 4. The Labute approximate surface area is 173 Å². The summed E-state index contributed by atoms with van der Waals surface area (Å²) < 4.78 is 5.52. The van der Waals surface area contributed by atoms with Gasteiger partial charge in [-0.15, -0.1) is 0 Å². The van der Waals surface area contributed by atoms with E-state index >= 15 is 0 Å². The molecule has 1 atom stereocenters. The number of hydrogen-bond donors (Lipinski definition) is 0. The normalized spacial score (nSPS) is 22.6. The van der Waals surface area contributed by atoms with Crippen molar-refractivity contribution in [3.05, 3.63) is 35.7 Å². The van der Waals surface area contributed by atoms with Crippen molar-refractivity contribution in [3.8, 4) is 11.4 Å². The number of piperidine rings is 2. The summed E-state index contributed by atoms with van der Waals surface area (Å²) >= 11 is 0. The Morgan fingerprint density at radius 3 is 2.86 bits per heavy atom. The molecule has 6 nitrogen and oxygen atoms in total. The minimum absolute atomic E-state index is 0.0800. The van der Waals surface area contributed by atoms with Gasteiger partial charge in [0, 0.05) is 25.2 Å². The molecule has 3 heterocycles. The fourth-order valence-electron chi connectivity index (χ4n) is 4.71. The van der Waals surface area contributed by atoms with Crippen LogP contribution in [0.4, 0.5) is 0 Å². The van der Waals surface area contributed by atoms with Crippen LogP contribution in [0.15, 0.2) is 28.8 Å². The third-order valence-corrected chi connectivity index (χ3v) is 6.28. The molecule has 29 heavy (non-hydrogen) atoms. The average molecular weight is 397 g/mol. The van der Waals surface area contributed by atoms with E-state index in [1.165, 1.54) is 6.42 Å². The molecule has 156 valence electrons. The number of aryl methyl sites for hydroxylation is 1. The molecule has 0 saturated carbocycles. The zero-order valence-corrected chi connectivity index (χ0v) is 17.9. The molecule has 2 saturated heterocycles. The first-order valence-corrected chi connectivity index (χ1v) is 10.8. The molecule has 4 rings (SSSR count). The maximum Gasteiger partial charge on any atom is 0.241 e. The lowest BCUT2D eigenvalue weighted by molar-refractivity contribution is -0.140. The van der Waals surface area contributed by atoms with Crippen molar-refractivity contribution in [1.82, 2.24) is 19.9 Å². The number of rotatable bonds is 4. The maximum absolute atomic E-state index is 13.1. The average Bonchev–Trinajstić information content (AvgIpc) is 3.15. The van der Waals surface area contributed by atoms with Crippen LogP contribution in [0.25, 0.3) is 11.4 Å². The largest absolute Gasteiger partial charge is 0.342 e. The Balaban J connectivity index is 1.38. The first-order chi connectivity index (χ1) is 13.9. The Morgan fingerprint density at radius 1 is 1.24 bits per heavy atom. The molecule has 0 bridgehead atoms. The summed E-state index contributed by atoms with van der Waals surface area (Å²) in [4.78, 5) is 22.1. The van der Waals surface area contributed by atoms with Crippen LogP contribution < -0.4 is 0 Å². The lowest BCUT2D eigenvalue weighted by atomic mass is 9.83. The van der Waals surface area contributed by atoms with Crippen LogP contribution >= 0.6 is 0 Å². The lowest BCUT2D eigenvalue weighted by Crippen LogP contribution is -2.49. The predicted octanol–water partition coefficient (Wildman–Crippen LogP) is 3.91. The second kappa shape index (κ2) is 8.27. The van der Waals surface area contributed by atoms with Crippen molar-refractivity contribution < 1.29 is 9.32 Å². The van der Waals surface area contributed by atoms with Crippen molar-refractivity contribution >= 4 is 5.91 Å². The third-order valence-electron chi connectivity index (χ3n) is 6.28. The van der Waals surface area contributed by atoms with E-state index in [1.54, 1.807) is 0 Å². The fraction of sp³-hybridized carbons (Fsp3) is 0.609. The van der Waals surface area contributed by atoms with Gasteiger partial charge >= 0.3 is 0 Å². The zero-order chi connectivity index (χ0) is 20.4. The first kappa shape index (κ1) is 20.1. The Hall–Kier alpha value is -2.21. The summed E-state index contributed by atoms with van der Waals surface area (Å²) in [6.45, 7) is 10.7. The summed E-state index contributed by atoms with van der Waals surface area (Å²) in [5, 5.41) is 4.17. The van der Waals surface area contributed by atoms with E-state index in [2.05, 4.69) is 33.8 Å². The van der Waals surface area contributed by atoms with Crippen LogP contribution in [0.3, 0.4) is 0 Å². The number of carbonyl (C=O) groups excluding carboxylic acids is 1. The highest BCUT2D eigenvalue weighted by Gasteiger charge is 2.34. The molecule has 0 spiro atoms. The van der Waals surface area contributed by atoms with Crippen molar-refractivity contribution in [1.29, 1.82) is 0 Å². The highest BCUT2D eigenvalue weighted by molar-refractivity contribution is 5.79. The molecule has 2 aliphatic heterocycles. The van der Waals surface area contributed by atoms with Crippen molar-refractivity contribution in [2.75, 3.05) is 26.2 Å². The van der Waals surface area contributed by atoms with Gasteiger partial charge in [0.25, 0.3) is 0 Å². The predicted molar refractivity (Wildman–Crippen MR) is 112 cm³/mol. The Morgan fingerprint density at radius 2 is 2.07 bits per heavy atom. The monoisotopic (exact) mass is 396 g/mol. The van der Waals surface area contributed by atoms with E-state index in [4.69, 9.17) is 4.52 Å². The SMILES string of the molecule is Cc1ccccc1-c1noc(CN2CCCC(C(=O)N3CCCC(C)(C)C3)C2)n1. The molecule has 1 amide bonds. The zero-order valence-electron chi connectivity index (χ0n) is 17.9. The Kier molecular flexibility index (Phi) is 5.72. The molecular weight excluding hydrogens is 364 g/mol. The van der Waals surface area contributed by atoms with Gasteiger partial charge in [0.15, 0.2) is 0 Å². The highest BCUT2D eigenvalue weighted by Crippen LogP contribution is 2.30. The summed E-state index contributed by atoms with van der Waals surface area (Å²) in [7, 11) is 0. The number of benzene rings is 1. The van der Waals surface area contributed by atoms with Crippen molar-refractivity contribution in [3.63, 3.8) is 0 Å². The standard InChI is InChI=1S/C23H32N4O2/c1-17-8-4-5-10-19(17)21-24-20(29-25-21)15-26-12-6-9-18(14-26)22(28)27-13-7-11-23(2,3)16-27/h4-5,8,10,18H,6-7,9,11-16H2,1-3H3. The Bertz CT molecular complexity index is 860. The van der Waals surface area contributed by atoms with Crippen LogP contribution in [0.1, 0.15) is 51.0 Å². The molecule has 6 heteroatoms. The quantitative estimate of drug-likeness (QED) is 0.784. The maximum atomic E-state index is 13.1. The smallest absolute Gasteiger partial charge is 0.241 e. The minimum Gasteiger partial charge on any atom is -0.342 e. The van der Waals surface area contributed by atoms with E-state index in [0.717, 1.165) is 56.6 Å². The van der Waals surface area contributed by atoms with Crippen LogP contribution in [0.2, 0.25) is 0 Å². The summed E-state index contributed by atoms with van der Waals surface area (Å²) in [6, 6.07) is 8.06. The van der Waals surface area contributed by atoms with Gasteiger partial charge in [0.2, 0.25) is 17.6 Å². The summed E-state index contributed by atoms with van der Waals surface area (Å²) in [6.07, 6.45) is 4.32. The van der Waals surface area contributed by atoms with Gasteiger partial charge in [-0.2, -0.15) is 4.98 Å². The molecule has 1 aromatic carbocycles. The topological polar surface area (TPSA) is 62.5 Å². The van der Waals surface area contributed by atoms with E-state index in [1.807, 2.05) is 31.2 Å². The first-order valence-electron chi connectivity index (χ1n) is 10.8.